The number of esters is 2. The van der Waals surface area contributed by atoms with E-state index in [9.17, 15) is 33.9 Å². The number of ether oxygens (including phenoxy) is 5. The standard InChI is InChI=1S/C37H34ClN3O4S.C36H32ClN3O4S.C35H30ClN3O4S/c1-7-44-36(43)33(45-37(3,4)5)31-21(2)18-28-34(32(31)22-8-12-26(38)13-9-22)46-35(40-28)25-16-17-39-27(20-25)23-10-14-29-24(19-23)11-15-30(42)41(29)6;1-6-43-35(42)32(44-36(3,4)5)30-20(2)17-28-33(31(30)21-7-11-25(37)12-8-21)45-34(40-28)24-15-16-38-27(19-24)23-9-13-26-22(18-23)10-14-29(41)39-26;1-19-16-26-32(30(20-6-10-24(36)11-7-20)29(19)31(34(41)42)43-35(2,3)4)44-33(38-26)23-14-15-37-25(18-23)21-8-12-27-22(17-21)9-13-28(40)39(27)5/h8-20,33H,7H2,1-6H3;7-19,32H,6H2,1-5H3,(H,39,41);6-18,31H,1-5H3,(H,41,42)/t33-;32-;31-/m000/s1. The highest BCUT2D eigenvalue weighted by Crippen LogP contribution is 2.50. The second-order valence-corrected chi connectivity index (χ2v) is 40.0. The summed E-state index contributed by atoms with van der Waals surface area (Å²) in [5, 5.41) is 17.4. The Balaban J connectivity index is 0.000000147. The zero-order valence-corrected chi connectivity index (χ0v) is 81.8. The van der Waals surface area contributed by atoms with Crippen LogP contribution in [0.1, 0.15) is 128 Å². The number of nitrogens with zero attached hydrogens (tertiary/aromatic N) is 8. The molecule has 0 fully saturated rings. The fourth-order valence-corrected chi connectivity index (χ4v) is 20.2. The molecule has 9 aromatic heterocycles. The molecule has 135 heavy (non-hydrogen) atoms. The molecule has 18 rings (SSSR count). The summed E-state index contributed by atoms with van der Waals surface area (Å²) in [6.07, 6.45) is 2.25. The van der Waals surface area contributed by atoms with E-state index in [2.05, 4.69) is 19.9 Å². The lowest BCUT2D eigenvalue weighted by Crippen LogP contribution is -2.29. The minimum Gasteiger partial charge on any atom is -0.479 e. The molecule has 0 amide bonds. The number of carbonyl (C=O) groups excluding carboxylic acids is 2. The van der Waals surface area contributed by atoms with Crippen LogP contribution < -0.4 is 16.7 Å². The molecule has 0 spiro atoms. The van der Waals surface area contributed by atoms with Gasteiger partial charge in [-0.25, -0.2) is 29.3 Å². The molecule has 0 saturated carbocycles. The molecule has 21 nitrogen and oxygen atoms in total. The number of nitrogens with one attached hydrogen (secondary N) is 1. The number of thiazole rings is 3. The smallest absolute Gasteiger partial charge is 0.339 e. The summed E-state index contributed by atoms with van der Waals surface area (Å²) in [4.78, 5) is 107. The zero-order valence-electron chi connectivity index (χ0n) is 77.0. The molecular weight excluding hydrogens is 1820 g/mol. The molecule has 0 radical (unpaired) electrons. The highest BCUT2D eigenvalue weighted by molar-refractivity contribution is 7.23. The Morgan fingerprint density at radius 2 is 0.696 bits per heavy atom. The Bertz CT molecular complexity index is 7860. The van der Waals surface area contributed by atoms with E-state index in [1.54, 1.807) is 109 Å². The van der Waals surface area contributed by atoms with Crippen molar-refractivity contribution in [1.82, 2.24) is 44.0 Å². The number of carboxylic acid groups (broad SMARTS) is 1. The van der Waals surface area contributed by atoms with E-state index in [-0.39, 0.29) is 29.9 Å². The van der Waals surface area contributed by atoms with Gasteiger partial charge >= 0.3 is 17.9 Å². The number of aromatic amines is 1. The number of carboxylic acids is 1. The molecule has 27 heteroatoms. The van der Waals surface area contributed by atoms with Gasteiger partial charge in [0.25, 0.3) is 11.1 Å². The summed E-state index contributed by atoms with van der Waals surface area (Å²) < 4.78 is 36.0. The number of pyridine rings is 6. The van der Waals surface area contributed by atoms with Crippen molar-refractivity contribution in [3.05, 3.63) is 316 Å². The number of hydrogen-bond acceptors (Lipinski definition) is 20. The molecule has 0 unspecified atom stereocenters. The summed E-state index contributed by atoms with van der Waals surface area (Å²) in [6.45, 7) is 27.0. The summed E-state index contributed by atoms with van der Waals surface area (Å²) in [6, 6.07) is 68.2. The molecular formula is C108H96Cl3N9O12S3. The Hall–Kier alpha value is -13.1. The van der Waals surface area contributed by atoms with Crippen LogP contribution in [-0.4, -0.2) is 97.1 Å². The number of rotatable bonds is 20. The lowest BCUT2D eigenvalue weighted by molar-refractivity contribution is -0.167. The normalized spacial score (nSPS) is 12.5. The van der Waals surface area contributed by atoms with Gasteiger partial charge in [-0.3, -0.25) is 29.3 Å². The van der Waals surface area contributed by atoms with Crippen LogP contribution >= 0.6 is 68.8 Å². The number of fused-ring (bicyclic) bond motifs is 6. The molecule has 9 aromatic carbocycles. The van der Waals surface area contributed by atoms with Crippen LogP contribution in [0.2, 0.25) is 15.1 Å². The molecule has 684 valence electrons. The van der Waals surface area contributed by atoms with Crippen LogP contribution in [0.4, 0.5) is 0 Å². The minimum atomic E-state index is -1.18. The summed E-state index contributed by atoms with van der Waals surface area (Å²) >= 11 is 23.4. The number of aliphatic carboxylic acids is 1. The monoisotopic (exact) mass is 1910 g/mol. The lowest BCUT2D eigenvalue weighted by atomic mass is 9.91. The van der Waals surface area contributed by atoms with Gasteiger partial charge in [-0.15, -0.1) is 34.0 Å². The maximum absolute atomic E-state index is 13.5. The van der Waals surface area contributed by atoms with Crippen molar-refractivity contribution in [3.63, 3.8) is 0 Å². The van der Waals surface area contributed by atoms with Crippen molar-refractivity contribution in [2.75, 3.05) is 13.2 Å². The predicted octanol–water partition coefficient (Wildman–Crippen LogP) is 26.3. The number of aromatic nitrogens is 9. The van der Waals surface area contributed by atoms with Gasteiger partial charge in [-0.2, -0.15) is 0 Å². The molecule has 18 aromatic rings. The van der Waals surface area contributed by atoms with Crippen LogP contribution in [0.3, 0.4) is 0 Å². The first-order chi connectivity index (χ1) is 64.3. The van der Waals surface area contributed by atoms with Crippen molar-refractivity contribution in [3.8, 4) is 98.9 Å². The largest absolute Gasteiger partial charge is 0.479 e. The third kappa shape index (κ3) is 20.9. The second kappa shape index (κ2) is 39.1. The Morgan fingerprint density at radius 1 is 0.385 bits per heavy atom. The summed E-state index contributed by atoms with van der Waals surface area (Å²) in [5.41, 5.74) is 20.3. The molecule has 0 aliphatic heterocycles. The average molecular weight is 1910 g/mol. The Labute approximate surface area is 806 Å². The van der Waals surface area contributed by atoms with Crippen LogP contribution in [0.5, 0.6) is 0 Å². The molecule has 0 aliphatic carbocycles. The van der Waals surface area contributed by atoms with Crippen LogP contribution in [0, 0.1) is 20.8 Å². The summed E-state index contributed by atoms with van der Waals surface area (Å²) in [7, 11) is 3.53. The highest BCUT2D eigenvalue weighted by Gasteiger charge is 2.38. The number of H-pyrrole nitrogens is 1. The van der Waals surface area contributed by atoms with Gasteiger partial charge in [0.15, 0.2) is 18.3 Å². The van der Waals surface area contributed by atoms with E-state index in [1.807, 2.05) is 265 Å². The van der Waals surface area contributed by atoms with E-state index < -0.39 is 53.0 Å². The lowest BCUT2D eigenvalue weighted by Gasteiger charge is -2.29. The van der Waals surface area contributed by atoms with Gasteiger partial charge < -0.3 is 42.9 Å². The van der Waals surface area contributed by atoms with E-state index in [4.69, 9.17) is 73.4 Å². The number of aryl methyl sites for hydroxylation is 5. The first-order valence-corrected chi connectivity index (χ1v) is 47.3. The van der Waals surface area contributed by atoms with Crippen molar-refractivity contribution >= 4 is 150 Å². The van der Waals surface area contributed by atoms with Gasteiger partial charge in [-0.05, 0) is 292 Å². The molecule has 0 bridgehead atoms. The number of benzene rings is 9. The molecule has 9 heterocycles. The van der Waals surface area contributed by atoms with Gasteiger partial charge in [-0.1, -0.05) is 89.4 Å². The predicted molar refractivity (Wildman–Crippen MR) is 546 cm³/mol. The number of hydrogen-bond donors (Lipinski definition) is 2. The van der Waals surface area contributed by atoms with Gasteiger partial charge in [0.2, 0.25) is 5.56 Å². The molecule has 0 aliphatic rings. The Morgan fingerprint density at radius 3 is 1.03 bits per heavy atom. The van der Waals surface area contributed by atoms with E-state index >= 15 is 0 Å². The fraction of sp³-hybridized carbons (Fsp3) is 0.222. The van der Waals surface area contributed by atoms with Crippen molar-refractivity contribution in [2.45, 2.75) is 132 Å². The molecule has 3 atom stereocenters. The number of carbonyl (C=O) groups is 3. The minimum absolute atomic E-state index is 0.0499. The van der Waals surface area contributed by atoms with E-state index in [0.29, 0.717) is 20.6 Å². The molecule has 0 saturated heterocycles. The van der Waals surface area contributed by atoms with Crippen LogP contribution in [0.25, 0.3) is 162 Å². The first kappa shape index (κ1) is 95.1. The third-order valence-electron chi connectivity index (χ3n) is 22.5. The Kier molecular flexibility index (Phi) is 27.5. The van der Waals surface area contributed by atoms with Gasteiger partial charge in [0.1, 0.15) is 15.0 Å². The average Bonchev–Trinajstić information content (AvgIpc) is 1.71. The maximum Gasteiger partial charge on any atom is 0.339 e. The number of halogens is 3. The first-order valence-electron chi connectivity index (χ1n) is 43.8. The fourth-order valence-electron chi connectivity index (χ4n) is 16.5. The zero-order chi connectivity index (χ0) is 96.0. The highest BCUT2D eigenvalue weighted by atomic mass is 35.5. The van der Waals surface area contributed by atoms with Crippen molar-refractivity contribution in [2.24, 2.45) is 14.1 Å². The van der Waals surface area contributed by atoms with Crippen LogP contribution in [-0.2, 0) is 52.2 Å². The molecule has 2 N–H and O–H groups in total. The van der Waals surface area contributed by atoms with Crippen molar-refractivity contribution in [1.29, 1.82) is 0 Å². The quantitative estimate of drug-likeness (QED) is 0.0671. The SMILES string of the molecule is CCOC(=O)[C@@H](OC(C)(C)C)c1c(C)cc2nc(-c3ccnc(-c4ccc5[nH]c(=O)ccc5c4)c3)sc2c1-c1ccc(Cl)cc1.CCOC(=O)[C@@H](OC(C)(C)C)c1c(C)cc2nc(-c3ccnc(-c4ccc5c(ccc(=O)n5C)c4)c3)sc2c1-c1ccc(Cl)cc1.Cc1cc2nc(-c3ccnc(-c4ccc5c(ccc(=O)n5C)c4)c3)sc2c(-c2ccc(Cl)cc2)c1[C@H](OC(C)(C)C)C(=O)O. The second-order valence-electron chi connectivity index (χ2n) is 35.7. The van der Waals surface area contributed by atoms with Gasteiger partial charge in [0, 0.05) is 138 Å². The van der Waals surface area contributed by atoms with E-state index in [0.717, 1.165) is 190 Å². The van der Waals surface area contributed by atoms with Crippen LogP contribution in [0.15, 0.2) is 251 Å². The van der Waals surface area contributed by atoms with E-state index in [1.165, 1.54) is 17.4 Å². The van der Waals surface area contributed by atoms with Gasteiger partial charge in [0.05, 0.1) is 88.8 Å². The third-order valence-corrected chi connectivity index (χ3v) is 26.7. The summed E-state index contributed by atoms with van der Waals surface area (Å²) in [5.74, 6) is -1.93. The van der Waals surface area contributed by atoms with Crippen molar-refractivity contribution < 1.29 is 43.2 Å². The topological polar surface area (TPSA) is 272 Å². The maximum atomic E-state index is 13.5.